The van der Waals surface area contributed by atoms with Crippen LogP contribution in [-0.4, -0.2) is 39.3 Å². The fourth-order valence-electron chi connectivity index (χ4n) is 3.49. The van der Waals surface area contributed by atoms with Gasteiger partial charge in [-0.3, -0.25) is 4.79 Å². The Hall–Kier alpha value is -3.69. The lowest BCUT2D eigenvalue weighted by molar-refractivity contribution is 0.0935. The summed E-state index contributed by atoms with van der Waals surface area (Å²) in [4.78, 5) is 16.9. The zero-order valence-electron chi connectivity index (χ0n) is 17.6. The lowest BCUT2D eigenvalue weighted by atomic mass is 10.0. The summed E-state index contributed by atoms with van der Waals surface area (Å²) in [6, 6.07) is 13.1. The van der Waals surface area contributed by atoms with E-state index in [9.17, 15) is 9.90 Å². The molecule has 0 spiro atoms. The molecule has 0 saturated heterocycles. The standard InChI is InChI=1S/C23H21ClFN5O3/c1-33-18-7-6-16(14-9-11-30-19(12-14)28-23(26)29-30)21(25)20(18)22(32)27-10-8-17(31)13-2-4-15(24)5-3-13/h2-7,9,11-12,17,31H,8,10H2,1H3,(H2,26,29)(H,27,32). The highest BCUT2D eigenvalue weighted by Crippen LogP contribution is 2.31. The number of amides is 1. The summed E-state index contributed by atoms with van der Waals surface area (Å²) >= 11 is 5.86. The van der Waals surface area contributed by atoms with Gasteiger partial charge in [-0.1, -0.05) is 23.7 Å². The van der Waals surface area contributed by atoms with Crippen LogP contribution in [0.5, 0.6) is 5.75 Å². The van der Waals surface area contributed by atoms with Gasteiger partial charge in [-0.05, 0) is 53.9 Å². The smallest absolute Gasteiger partial charge is 0.258 e. The van der Waals surface area contributed by atoms with E-state index in [-0.39, 0.29) is 35.8 Å². The van der Waals surface area contributed by atoms with Crippen molar-refractivity contribution >= 4 is 29.1 Å². The van der Waals surface area contributed by atoms with Crippen LogP contribution in [0.15, 0.2) is 54.7 Å². The first kappa shape index (κ1) is 22.5. The molecule has 0 aliphatic rings. The topological polar surface area (TPSA) is 115 Å². The number of aliphatic hydroxyl groups excluding tert-OH is 1. The van der Waals surface area contributed by atoms with Crippen molar-refractivity contribution in [2.24, 2.45) is 0 Å². The van der Waals surface area contributed by atoms with Crippen LogP contribution < -0.4 is 15.8 Å². The number of halogens is 2. The Labute approximate surface area is 193 Å². The number of nitrogen functional groups attached to an aromatic ring is 1. The summed E-state index contributed by atoms with van der Waals surface area (Å²) < 4.78 is 22.2. The molecule has 0 bridgehead atoms. The van der Waals surface area contributed by atoms with Gasteiger partial charge in [0.15, 0.2) is 5.65 Å². The molecule has 0 fully saturated rings. The molecule has 33 heavy (non-hydrogen) atoms. The number of nitrogens with one attached hydrogen (secondary N) is 1. The molecule has 4 aromatic rings. The number of rotatable bonds is 7. The molecule has 4 N–H and O–H groups in total. The van der Waals surface area contributed by atoms with Crippen molar-refractivity contribution in [2.45, 2.75) is 12.5 Å². The van der Waals surface area contributed by atoms with Gasteiger partial charge in [-0.15, -0.1) is 5.10 Å². The number of benzene rings is 2. The van der Waals surface area contributed by atoms with E-state index in [1.165, 1.54) is 23.8 Å². The summed E-state index contributed by atoms with van der Waals surface area (Å²) in [5.74, 6) is -1.19. The van der Waals surface area contributed by atoms with Crippen molar-refractivity contribution in [1.29, 1.82) is 0 Å². The molecule has 8 nitrogen and oxygen atoms in total. The molecule has 1 unspecified atom stereocenters. The van der Waals surface area contributed by atoms with Gasteiger partial charge in [-0.2, -0.15) is 4.98 Å². The highest BCUT2D eigenvalue weighted by atomic mass is 35.5. The molecule has 2 aromatic carbocycles. The average Bonchev–Trinajstić information content (AvgIpc) is 3.18. The summed E-state index contributed by atoms with van der Waals surface area (Å²) in [5, 5.41) is 17.5. The average molecular weight is 470 g/mol. The number of hydrogen-bond donors (Lipinski definition) is 3. The van der Waals surface area contributed by atoms with E-state index in [0.717, 1.165) is 0 Å². The quantitative estimate of drug-likeness (QED) is 0.380. The fraction of sp³-hybridized carbons (Fsp3) is 0.174. The molecule has 0 radical (unpaired) electrons. The van der Waals surface area contributed by atoms with E-state index in [0.29, 0.717) is 21.8 Å². The van der Waals surface area contributed by atoms with Crippen molar-refractivity contribution in [3.8, 4) is 16.9 Å². The van der Waals surface area contributed by atoms with Crippen LogP contribution in [0.2, 0.25) is 5.02 Å². The van der Waals surface area contributed by atoms with E-state index < -0.39 is 17.8 Å². The number of carbonyl (C=O) groups is 1. The minimum atomic E-state index is -0.803. The molecule has 170 valence electrons. The zero-order chi connectivity index (χ0) is 23.5. The number of hydrogen-bond acceptors (Lipinski definition) is 6. The van der Waals surface area contributed by atoms with Crippen LogP contribution >= 0.6 is 11.6 Å². The molecule has 0 aliphatic heterocycles. The van der Waals surface area contributed by atoms with Crippen molar-refractivity contribution in [3.63, 3.8) is 0 Å². The summed E-state index contributed by atoms with van der Waals surface area (Å²) in [7, 11) is 1.36. The first-order valence-electron chi connectivity index (χ1n) is 10.1. The number of carbonyl (C=O) groups excluding carboxylic acids is 1. The summed E-state index contributed by atoms with van der Waals surface area (Å²) in [6.07, 6.45) is 1.04. The molecule has 1 amide bonds. The largest absolute Gasteiger partial charge is 0.496 e. The second kappa shape index (κ2) is 9.43. The van der Waals surface area contributed by atoms with Crippen LogP contribution in [0.3, 0.4) is 0 Å². The van der Waals surface area contributed by atoms with Crippen LogP contribution in [-0.2, 0) is 0 Å². The normalized spacial score (nSPS) is 12.0. The number of anilines is 1. The van der Waals surface area contributed by atoms with Crippen molar-refractivity contribution in [3.05, 3.63) is 76.7 Å². The number of aromatic nitrogens is 3. The maximum absolute atomic E-state index is 15.5. The van der Waals surface area contributed by atoms with E-state index in [4.69, 9.17) is 22.1 Å². The highest BCUT2D eigenvalue weighted by Gasteiger charge is 2.22. The number of fused-ring (bicyclic) bond motifs is 1. The third-order valence-electron chi connectivity index (χ3n) is 5.17. The van der Waals surface area contributed by atoms with E-state index in [1.54, 1.807) is 42.6 Å². The first-order valence-corrected chi connectivity index (χ1v) is 10.5. The summed E-state index contributed by atoms with van der Waals surface area (Å²) in [5.41, 5.74) is 7.21. The molecule has 4 rings (SSSR count). The van der Waals surface area contributed by atoms with Gasteiger partial charge < -0.3 is 20.9 Å². The Morgan fingerprint density at radius 3 is 2.76 bits per heavy atom. The number of aliphatic hydroxyl groups is 1. The maximum atomic E-state index is 15.5. The Balaban J connectivity index is 1.54. The predicted octanol–water partition coefficient (Wildman–Crippen LogP) is 3.63. The van der Waals surface area contributed by atoms with E-state index >= 15 is 4.39 Å². The highest BCUT2D eigenvalue weighted by molar-refractivity contribution is 6.30. The molecule has 2 aromatic heterocycles. The Morgan fingerprint density at radius 1 is 1.27 bits per heavy atom. The van der Waals surface area contributed by atoms with Crippen LogP contribution in [0.25, 0.3) is 16.8 Å². The minimum absolute atomic E-state index is 0.0970. The molecule has 10 heteroatoms. The Bertz CT molecular complexity index is 1310. The molecular weight excluding hydrogens is 449 g/mol. The molecule has 2 heterocycles. The van der Waals surface area contributed by atoms with Crippen LogP contribution in [0, 0.1) is 5.82 Å². The molecular formula is C23H21ClFN5O3. The van der Waals surface area contributed by atoms with Crippen molar-refractivity contribution in [2.75, 3.05) is 19.4 Å². The van der Waals surface area contributed by atoms with E-state index in [1.807, 2.05) is 0 Å². The maximum Gasteiger partial charge on any atom is 0.258 e. The second-order valence-corrected chi connectivity index (χ2v) is 7.74. The van der Waals surface area contributed by atoms with E-state index in [2.05, 4.69) is 15.4 Å². The number of pyridine rings is 1. The SMILES string of the molecule is COc1ccc(-c2ccn3nc(N)nc3c2)c(F)c1C(=O)NCCC(O)c1ccc(Cl)cc1. The number of nitrogens with two attached hydrogens (primary N) is 1. The third kappa shape index (κ3) is 4.74. The lowest BCUT2D eigenvalue weighted by Crippen LogP contribution is -2.27. The molecule has 0 saturated carbocycles. The number of methoxy groups -OCH3 is 1. The van der Waals surface area contributed by atoms with Gasteiger partial charge in [0.2, 0.25) is 5.95 Å². The third-order valence-corrected chi connectivity index (χ3v) is 5.43. The Kier molecular flexibility index (Phi) is 6.43. The van der Waals surface area contributed by atoms with Gasteiger partial charge in [0.25, 0.3) is 5.91 Å². The van der Waals surface area contributed by atoms with Gasteiger partial charge in [0, 0.05) is 23.3 Å². The number of ether oxygens (including phenoxy) is 1. The van der Waals surface area contributed by atoms with Crippen LogP contribution in [0.1, 0.15) is 28.4 Å². The van der Waals surface area contributed by atoms with Gasteiger partial charge in [-0.25, -0.2) is 8.91 Å². The van der Waals surface area contributed by atoms with Crippen molar-refractivity contribution in [1.82, 2.24) is 19.9 Å². The van der Waals surface area contributed by atoms with Crippen molar-refractivity contribution < 1.29 is 19.0 Å². The lowest BCUT2D eigenvalue weighted by Gasteiger charge is -2.15. The zero-order valence-corrected chi connectivity index (χ0v) is 18.4. The van der Waals surface area contributed by atoms with Gasteiger partial charge in [0.1, 0.15) is 17.1 Å². The second-order valence-electron chi connectivity index (χ2n) is 7.30. The van der Waals surface area contributed by atoms with Crippen LogP contribution in [0.4, 0.5) is 10.3 Å². The monoisotopic (exact) mass is 469 g/mol. The first-order chi connectivity index (χ1) is 15.9. The number of nitrogens with zero attached hydrogens (tertiary/aromatic N) is 3. The van der Waals surface area contributed by atoms with Gasteiger partial charge >= 0.3 is 0 Å². The van der Waals surface area contributed by atoms with Gasteiger partial charge in [0.05, 0.1) is 13.2 Å². The fourth-order valence-corrected chi connectivity index (χ4v) is 3.62. The molecule has 1 atom stereocenters. The summed E-state index contributed by atoms with van der Waals surface area (Å²) in [6.45, 7) is 0.125. The predicted molar refractivity (Wildman–Crippen MR) is 123 cm³/mol. The Morgan fingerprint density at radius 2 is 2.03 bits per heavy atom. The minimum Gasteiger partial charge on any atom is -0.496 e. The molecule has 0 aliphatic carbocycles.